The quantitative estimate of drug-likeness (QED) is 0.276. The second-order valence-corrected chi connectivity index (χ2v) is 18.8. The minimum absolute atomic E-state index is 0.00892. The van der Waals surface area contributed by atoms with Gasteiger partial charge in [-0.15, -0.1) is 0 Å². The summed E-state index contributed by atoms with van der Waals surface area (Å²) in [5.41, 5.74) is 1.09. The zero-order chi connectivity index (χ0) is 38.2. The molecule has 13 nitrogen and oxygen atoms in total. The molecule has 12 bridgehead atoms. The lowest BCUT2D eigenvalue weighted by Gasteiger charge is -2.51. The van der Waals surface area contributed by atoms with Crippen LogP contribution in [0.1, 0.15) is 111 Å². The number of ether oxygens (including phenoxy) is 9. The summed E-state index contributed by atoms with van der Waals surface area (Å²) in [7, 11) is 0. The largest absolute Gasteiger partial charge is 0.459 e. The standard InChI is InChI=1S/C42H64O13/c1-20-13-24-5-7-29-21(2)15-26(48-29)9-11-42(46)19-34-40(55-42)41-39(53-34)23(4)36-31(52-41)8-6-25(49-36)17-35(45)54-38-22(3)37-33(18-28(44)30(51-37)10-12-43)50-32(38)16-27(14-20)47-24/h20,22-34,36-41,43-44,46H,2,5-19H2,1,3-4H3/t20?,22-,23?,24?,25+,26?,27-,28?,29-,30+,31?,32-,33-,34+,36+,37-,38?,39-,40-,41+,42+/m0/s1. The molecule has 13 heteroatoms. The van der Waals surface area contributed by atoms with Crippen LogP contribution in [-0.2, 0) is 47.4 Å². The van der Waals surface area contributed by atoms with Crippen LogP contribution >= 0.6 is 0 Å². The second kappa shape index (κ2) is 15.7. The van der Waals surface area contributed by atoms with Crippen molar-refractivity contribution < 1.29 is 62.7 Å². The average molecular weight is 777 g/mol. The molecule has 0 saturated carbocycles. The molecule has 12 fully saturated rings. The molecule has 0 aromatic heterocycles. The van der Waals surface area contributed by atoms with Gasteiger partial charge in [-0.2, -0.15) is 0 Å². The maximum absolute atomic E-state index is 13.9. The molecular weight excluding hydrogens is 712 g/mol. The molecule has 12 aliphatic rings. The summed E-state index contributed by atoms with van der Waals surface area (Å²) < 4.78 is 59.2. The highest BCUT2D eigenvalue weighted by Crippen LogP contribution is 2.49. The van der Waals surface area contributed by atoms with Crippen LogP contribution in [-0.4, -0.2) is 137 Å². The first-order chi connectivity index (χ1) is 26.4. The SMILES string of the molecule is C=C1CC2CC[C@]3(O)C[C@H]4O[C@H]5C(C)[C@H]6O[C@H](CCC6O[C@H]5[C@H]4O3)CC(=O)OC3[C@H](C[C@@H]4CC(C)CC(CC[C@@H]1O2)O4)O[C@H]1CC(O)[C@@H](CCO)O[C@H]1[C@@H]3C. The van der Waals surface area contributed by atoms with E-state index in [2.05, 4.69) is 20.4 Å². The molecule has 0 spiro atoms. The first-order valence-corrected chi connectivity index (χ1v) is 21.6. The number of aliphatic hydroxyl groups excluding tert-OH is 2. The van der Waals surface area contributed by atoms with Crippen LogP contribution in [0.3, 0.4) is 0 Å². The van der Waals surface area contributed by atoms with Crippen molar-refractivity contribution in [2.75, 3.05) is 6.61 Å². The van der Waals surface area contributed by atoms with Crippen molar-refractivity contribution in [1.29, 1.82) is 0 Å². The van der Waals surface area contributed by atoms with Gasteiger partial charge in [-0.25, -0.2) is 0 Å². The summed E-state index contributed by atoms with van der Waals surface area (Å²) in [5, 5.41) is 32.2. The maximum Gasteiger partial charge on any atom is 0.308 e. The fraction of sp³-hybridized carbons (Fsp3) is 0.929. The first-order valence-electron chi connectivity index (χ1n) is 21.6. The van der Waals surface area contributed by atoms with Gasteiger partial charge >= 0.3 is 5.97 Å². The van der Waals surface area contributed by atoms with Crippen molar-refractivity contribution in [1.82, 2.24) is 0 Å². The molecule has 3 N–H and O–H groups in total. The fourth-order valence-electron chi connectivity index (χ4n) is 11.9. The number of hydrogen-bond donors (Lipinski definition) is 3. The van der Waals surface area contributed by atoms with Crippen LogP contribution in [0.15, 0.2) is 12.2 Å². The third-order valence-electron chi connectivity index (χ3n) is 14.6. The van der Waals surface area contributed by atoms with Crippen molar-refractivity contribution in [3.05, 3.63) is 12.2 Å². The Balaban J connectivity index is 0.955. The van der Waals surface area contributed by atoms with Gasteiger partial charge in [0, 0.05) is 44.1 Å². The van der Waals surface area contributed by atoms with E-state index >= 15 is 0 Å². The Morgan fingerprint density at radius 2 is 1.40 bits per heavy atom. The lowest BCUT2D eigenvalue weighted by atomic mass is 9.80. The van der Waals surface area contributed by atoms with E-state index in [0.29, 0.717) is 50.9 Å². The molecule has 0 aromatic rings. The van der Waals surface area contributed by atoms with Crippen molar-refractivity contribution in [3.8, 4) is 0 Å². The molecule has 12 heterocycles. The van der Waals surface area contributed by atoms with Gasteiger partial charge in [0.1, 0.15) is 18.3 Å². The molecule has 0 radical (unpaired) electrons. The Morgan fingerprint density at radius 1 is 0.673 bits per heavy atom. The highest BCUT2D eigenvalue weighted by molar-refractivity contribution is 5.70. The van der Waals surface area contributed by atoms with E-state index < -0.39 is 36.3 Å². The number of hydrogen-bond acceptors (Lipinski definition) is 13. The molecule has 0 aliphatic carbocycles. The monoisotopic (exact) mass is 776 g/mol. The molecule has 55 heavy (non-hydrogen) atoms. The molecule has 0 aromatic carbocycles. The van der Waals surface area contributed by atoms with E-state index in [1.807, 2.05) is 6.92 Å². The molecule has 21 atom stereocenters. The van der Waals surface area contributed by atoms with Gasteiger partial charge in [-0.3, -0.25) is 4.79 Å². The minimum Gasteiger partial charge on any atom is -0.459 e. The van der Waals surface area contributed by atoms with Crippen molar-refractivity contribution in [2.45, 2.75) is 220 Å². The van der Waals surface area contributed by atoms with E-state index in [1.165, 1.54) is 0 Å². The topological polar surface area (TPSA) is 161 Å². The Labute approximate surface area is 325 Å². The summed E-state index contributed by atoms with van der Waals surface area (Å²) in [4.78, 5) is 13.9. The zero-order valence-corrected chi connectivity index (χ0v) is 32.8. The van der Waals surface area contributed by atoms with Crippen LogP contribution in [0.2, 0.25) is 0 Å². The number of carbonyl (C=O) groups is 1. The predicted molar refractivity (Wildman–Crippen MR) is 195 cm³/mol. The highest BCUT2D eigenvalue weighted by Gasteiger charge is 2.62. The summed E-state index contributed by atoms with van der Waals surface area (Å²) in [6.45, 7) is 10.7. The number of carbonyl (C=O) groups excluding carboxylic acids is 1. The van der Waals surface area contributed by atoms with Crippen LogP contribution in [0, 0.1) is 17.8 Å². The molecule has 12 saturated heterocycles. The van der Waals surface area contributed by atoms with Crippen LogP contribution in [0.4, 0.5) is 0 Å². The molecule has 310 valence electrons. The summed E-state index contributed by atoms with van der Waals surface area (Å²) in [6.07, 6.45) is 3.52. The fourth-order valence-corrected chi connectivity index (χ4v) is 11.9. The van der Waals surface area contributed by atoms with Gasteiger partial charge in [0.25, 0.3) is 0 Å². The zero-order valence-electron chi connectivity index (χ0n) is 32.8. The highest BCUT2D eigenvalue weighted by atomic mass is 16.7. The predicted octanol–water partition coefficient (Wildman–Crippen LogP) is 3.65. The Morgan fingerprint density at radius 3 is 2.24 bits per heavy atom. The van der Waals surface area contributed by atoms with Gasteiger partial charge in [0.15, 0.2) is 5.79 Å². The van der Waals surface area contributed by atoms with Crippen LogP contribution in [0.25, 0.3) is 0 Å². The van der Waals surface area contributed by atoms with Gasteiger partial charge < -0.3 is 58.0 Å². The van der Waals surface area contributed by atoms with E-state index in [0.717, 1.165) is 44.1 Å². The maximum atomic E-state index is 13.9. The summed E-state index contributed by atoms with van der Waals surface area (Å²) >= 11 is 0. The van der Waals surface area contributed by atoms with E-state index in [1.54, 1.807) is 0 Å². The second-order valence-electron chi connectivity index (χ2n) is 18.8. The molecule has 12 rings (SSSR count). The van der Waals surface area contributed by atoms with E-state index in [-0.39, 0.29) is 104 Å². The molecule has 7 unspecified atom stereocenters. The number of rotatable bonds is 2. The molecule has 12 aliphatic heterocycles. The minimum atomic E-state index is -1.29. The number of esters is 1. The number of fused-ring (bicyclic) bond motifs is 2. The van der Waals surface area contributed by atoms with Gasteiger partial charge in [-0.1, -0.05) is 27.4 Å². The third-order valence-corrected chi connectivity index (χ3v) is 14.6. The van der Waals surface area contributed by atoms with Gasteiger partial charge in [-0.05, 0) is 69.3 Å². The lowest BCUT2D eigenvalue weighted by molar-refractivity contribution is -0.276. The van der Waals surface area contributed by atoms with E-state index in [9.17, 15) is 20.1 Å². The smallest absolute Gasteiger partial charge is 0.308 e. The normalized spacial score (nSPS) is 54.4. The number of aliphatic hydroxyl groups is 3. The summed E-state index contributed by atoms with van der Waals surface area (Å²) in [5.74, 6) is -1.39. The van der Waals surface area contributed by atoms with Crippen LogP contribution < -0.4 is 0 Å². The van der Waals surface area contributed by atoms with Gasteiger partial charge in [0.05, 0.1) is 91.9 Å². The Kier molecular flexibility index (Phi) is 11.2. The van der Waals surface area contributed by atoms with Crippen molar-refractivity contribution in [3.63, 3.8) is 0 Å². The van der Waals surface area contributed by atoms with Gasteiger partial charge in [0.2, 0.25) is 0 Å². The molecular formula is C42H64O13. The van der Waals surface area contributed by atoms with Crippen molar-refractivity contribution in [2.24, 2.45) is 17.8 Å². The molecule has 0 amide bonds. The average Bonchev–Trinajstić information content (AvgIpc) is 3.78. The van der Waals surface area contributed by atoms with Crippen LogP contribution in [0.5, 0.6) is 0 Å². The van der Waals surface area contributed by atoms with E-state index in [4.69, 9.17) is 42.6 Å². The summed E-state index contributed by atoms with van der Waals surface area (Å²) in [6, 6.07) is 0. The Hall–Kier alpha value is -1.23. The first kappa shape index (κ1) is 39.2. The van der Waals surface area contributed by atoms with Crippen molar-refractivity contribution >= 4 is 5.97 Å². The third kappa shape index (κ3) is 7.83. The lowest BCUT2D eigenvalue weighted by Crippen LogP contribution is -2.61. The Bertz CT molecular complexity index is 1400.